The predicted molar refractivity (Wildman–Crippen MR) is 99.9 cm³/mol. The Morgan fingerprint density at radius 1 is 1.15 bits per heavy atom. The number of anilines is 1. The number of ether oxygens (including phenoxy) is 1. The van der Waals surface area contributed by atoms with Crippen LogP contribution in [0, 0.1) is 5.92 Å². The van der Waals surface area contributed by atoms with Crippen molar-refractivity contribution >= 4 is 11.6 Å². The van der Waals surface area contributed by atoms with Crippen molar-refractivity contribution in [3.05, 3.63) is 77.9 Å². The quantitative estimate of drug-likeness (QED) is 0.739. The van der Waals surface area contributed by atoms with E-state index in [2.05, 4.69) is 15.3 Å². The fraction of sp³-hybridized carbons (Fsp3) is 0.238. The van der Waals surface area contributed by atoms with Gasteiger partial charge < -0.3 is 15.0 Å². The molecule has 1 aliphatic rings. The molecule has 5 heteroatoms. The minimum Gasteiger partial charge on any atom is -0.487 e. The Bertz CT molecular complexity index is 889. The topological polar surface area (TPSA) is 67.0 Å². The molecule has 26 heavy (non-hydrogen) atoms. The van der Waals surface area contributed by atoms with E-state index in [9.17, 15) is 4.79 Å². The Kier molecular flexibility index (Phi) is 4.69. The molecule has 4 rings (SSSR count). The molecule has 1 heterocycles. The van der Waals surface area contributed by atoms with E-state index in [0.29, 0.717) is 24.5 Å². The maximum atomic E-state index is 12.7. The van der Waals surface area contributed by atoms with Crippen LogP contribution in [0.15, 0.2) is 60.9 Å². The molecule has 2 aromatic carbocycles. The number of aryl methyl sites for hydroxylation is 1. The Hall–Kier alpha value is -3.08. The van der Waals surface area contributed by atoms with Gasteiger partial charge in [-0.15, -0.1) is 0 Å². The molecule has 0 saturated carbocycles. The number of para-hydroxylation sites is 2. The van der Waals surface area contributed by atoms with Crippen LogP contribution in [0.5, 0.6) is 5.75 Å². The molecule has 0 spiro atoms. The fourth-order valence-corrected chi connectivity index (χ4v) is 3.29. The first-order chi connectivity index (χ1) is 12.8. The number of rotatable bonds is 5. The van der Waals surface area contributed by atoms with Crippen LogP contribution in [0.4, 0.5) is 5.69 Å². The normalized spacial score (nSPS) is 15.9. The van der Waals surface area contributed by atoms with Gasteiger partial charge in [0.05, 0.1) is 17.7 Å². The number of imidazole rings is 1. The maximum absolute atomic E-state index is 12.7. The molecular formula is C21H21N3O2. The lowest BCUT2D eigenvalue weighted by molar-refractivity contribution is -0.120. The van der Waals surface area contributed by atoms with E-state index < -0.39 is 0 Å². The molecule has 2 N–H and O–H groups in total. The minimum atomic E-state index is -0.0621. The van der Waals surface area contributed by atoms with Crippen LogP contribution in [0.1, 0.15) is 23.4 Å². The Morgan fingerprint density at radius 2 is 1.96 bits per heavy atom. The number of fused-ring (bicyclic) bond motifs is 1. The SMILES string of the molecule is O=C(Nc1ccccc1OCc1ccccc1)C1CCc2[nH]cnc2C1. The van der Waals surface area contributed by atoms with Gasteiger partial charge in [-0.3, -0.25) is 4.79 Å². The Labute approximate surface area is 152 Å². The molecule has 1 aliphatic carbocycles. The highest BCUT2D eigenvalue weighted by Gasteiger charge is 2.26. The third-order valence-electron chi connectivity index (χ3n) is 4.74. The first-order valence-corrected chi connectivity index (χ1v) is 8.87. The number of H-pyrrole nitrogens is 1. The van der Waals surface area contributed by atoms with E-state index in [0.717, 1.165) is 29.8 Å². The zero-order valence-electron chi connectivity index (χ0n) is 14.4. The van der Waals surface area contributed by atoms with Gasteiger partial charge in [-0.2, -0.15) is 0 Å². The molecule has 1 aromatic heterocycles. The van der Waals surface area contributed by atoms with Crippen LogP contribution < -0.4 is 10.1 Å². The van der Waals surface area contributed by atoms with Crippen molar-refractivity contribution in [2.75, 3.05) is 5.32 Å². The second-order valence-electron chi connectivity index (χ2n) is 6.53. The van der Waals surface area contributed by atoms with Crippen molar-refractivity contribution < 1.29 is 9.53 Å². The molecule has 0 bridgehead atoms. The van der Waals surface area contributed by atoms with Crippen LogP contribution in [-0.2, 0) is 24.2 Å². The van der Waals surface area contributed by atoms with Crippen molar-refractivity contribution in [1.82, 2.24) is 9.97 Å². The van der Waals surface area contributed by atoms with E-state index in [4.69, 9.17) is 4.74 Å². The first-order valence-electron chi connectivity index (χ1n) is 8.87. The largest absolute Gasteiger partial charge is 0.487 e. The second-order valence-corrected chi connectivity index (χ2v) is 6.53. The van der Waals surface area contributed by atoms with Gasteiger partial charge >= 0.3 is 0 Å². The lowest BCUT2D eigenvalue weighted by Gasteiger charge is -2.21. The van der Waals surface area contributed by atoms with Gasteiger partial charge in [-0.1, -0.05) is 42.5 Å². The first kappa shape index (κ1) is 16.4. The van der Waals surface area contributed by atoms with Crippen molar-refractivity contribution in [3.63, 3.8) is 0 Å². The van der Waals surface area contributed by atoms with Crippen LogP contribution in [-0.4, -0.2) is 15.9 Å². The maximum Gasteiger partial charge on any atom is 0.227 e. The van der Waals surface area contributed by atoms with Gasteiger partial charge in [-0.25, -0.2) is 4.98 Å². The summed E-state index contributed by atoms with van der Waals surface area (Å²) in [6.45, 7) is 0.466. The second kappa shape index (κ2) is 7.44. The highest BCUT2D eigenvalue weighted by molar-refractivity contribution is 5.94. The predicted octanol–water partition coefficient (Wildman–Crippen LogP) is 3.73. The summed E-state index contributed by atoms with van der Waals surface area (Å²) in [6.07, 6.45) is 4.07. The number of carbonyl (C=O) groups excluding carboxylic acids is 1. The van der Waals surface area contributed by atoms with Gasteiger partial charge in [-0.05, 0) is 30.5 Å². The molecule has 5 nitrogen and oxygen atoms in total. The molecule has 3 aromatic rings. The van der Waals surface area contributed by atoms with Crippen LogP contribution in [0.25, 0.3) is 0 Å². The summed E-state index contributed by atoms with van der Waals surface area (Å²) < 4.78 is 5.92. The van der Waals surface area contributed by atoms with E-state index in [-0.39, 0.29) is 11.8 Å². The lowest BCUT2D eigenvalue weighted by Crippen LogP contribution is -2.28. The number of benzene rings is 2. The number of nitrogens with zero attached hydrogens (tertiary/aromatic N) is 1. The summed E-state index contributed by atoms with van der Waals surface area (Å²) in [5, 5.41) is 3.04. The monoisotopic (exact) mass is 347 g/mol. The van der Waals surface area contributed by atoms with E-state index in [1.165, 1.54) is 0 Å². The Morgan fingerprint density at radius 3 is 2.85 bits per heavy atom. The van der Waals surface area contributed by atoms with Gasteiger partial charge in [0.25, 0.3) is 0 Å². The van der Waals surface area contributed by atoms with Crippen LogP contribution in [0.2, 0.25) is 0 Å². The van der Waals surface area contributed by atoms with Crippen molar-refractivity contribution in [2.24, 2.45) is 5.92 Å². The Balaban J connectivity index is 1.42. The number of hydrogen-bond acceptors (Lipinski definition) is 3. The number of aromatic nitrogens is 2. The van der Waals surface area contributed by atoms with Gasteiger partial charge in [0.1, 0.15) is 12.4 Å². The third-order valence-corrected chi connectivity index (χ3v) is 4.74. The summed E-state index contributed by atoms with van der Waals surface area (Å²) in [5.74, 6) is 0.642. The molecule has 1 atom stereocenters. The fourth-order valence-electron chi connectivity index (χ4n) is 3.29. The molecule has 0 aliphatic heterocycles. The van der Waals surface area contributed by atoms with Crippen molar-refractivity contribution in [1.29, 1.82) is 0 Å². The molecule has 1 unspecified atom stereocenters. The van der Waals surface area contributed by atoms with Gasteiger partial charge in [0.15, 0.2) is 0 Å². The number of nitrogens with one attached hydrogen (secondary N) is 2. The highest BCUT2D eigenvalue weighted by Crippen LogP contribution is 2.28. The van der Waals surface area contributed by atoms with E-state index in [1.54, 1.807) is 6.33 Å². The lowest BCUT2D eigenvalue weighted by atomic mass is 9.89. The van der Waals surface area contributed by atoms with Crippen molar-refractivity contribution in [2.45, 2.75) is 25.9 Å². The number of aromatic amines is 1. The summed E-state index contributed by atoms with van der Waals surface area (Å²) >= 11 is 0. The molecule has 0 radical (unpaired) electrons. The third kappa shape index (κ3) is 3.61. The zero-order chi connectivity index (χ0) is 17.8. The van der Waals surface area contributed by atoms with Gasteiger partial charge in [0.2, 0.25) is 5.91 Å². The number of carbonyl (C=O) groups is 1. The molecule has 0 fully saturated rings. The summed E-state index contributed by atoms with van der Waals surface area (Å²) in [7, 11) is 0. The number of hydrogen-bond donors (Lipinski definition) is 2. The zero-order valence-corrected chi connectivity index (χ0v) is 14.4. The standard InChI is InChI=1S/C21H21N3O2/c25-21(16-10-11-17-19(12-16)23-14-22-17)24-18-8-4-5-9-20(18)26-13-15-6-2-1-3-7-15/h1-9,14,16H,10-13H2,(H,22,23)(H,24,25). The average Bonchev–Trinajstić information content (AvgIpc) is 3.16. The van der Waals surface area contributed by atoms with Crippen molar-refractivity contribution in [3.8, 4) is 5.75 Å². The molecule has 1 amide bonds. The van der Waals surface area contributed by atoms with Crippen LogP contribution in [0.3, 0.4) is 0 Å². The summed E-state index contributed by atoms with van der Waals surface area (Å²) in [5.41, 5.74) is 3.96. The summed E-state index contributed by atoms with van der Waals surface area (Å²) in [6, 6.07) is 17.6. The molecule has 0 saturated heterocycles. The number of amides is 1. The molecular weight excluding hydrogens is 326 g/mol. The smallest absolute Gasteiger partial charge is 0.227 e. The minimum absolute atomic E-state index is 0.0226. The van der Waals surface area contributed by atoms with E-state index in [1.807, 2.05) is 54.6 Å². The van der Waals surface area contributed by atoms with Crippen LogP contribution >= 0.6 is 0 Å². The van der Waals surface area contributed by atoms with E-state index >= 15 is 0 Å². The highest BCUT2D eigenvalue weighted by atomic mass is 16.5. The van der Waals surface area contributed by atoms with Gasteiger partial charge in [0, 0.05) is 18.0 Å². The summed E-state index contributed by atoms with van der Waals surface area (Å²) in [4.78, 5) is 20.2. The molecule has 132 valence electrons. The average molecular weight is 347 g/mol.